The Kier molecular flexibility index (Phi) is 4.73. The zero-order valence-corrected chi connectivity index (χ0v) is 11.4. The summed E-state index contributed by atoms with van der Waals surface area (Å²) in [6, 6.07) is 10.0. The van der Waals surface area contributed by atoms with E-state index < -0.39 is 5.97 Å². The molecule has 0 unspecified atom stereocenters. The number of carbonyl (C=O) groups excluding carboxylic acids is 1. The van der Waals surface area contributed by atoms with Crippen molar-refractivity contribution in [3.8, 4) is 5.75 Å². The number of carboxylic acid groups (broad SMARTS) is 1. The van der Waals surface area contributed by atoms with E-state index >= 15 is 0 Å². The van der Waals surface area contributed by atoms with E-state index in [0.717, 1.165) is 4.88 Å². The maximum absolute atomic E-state index is 11.6. The van der Waals surface area contributed by atoms with Gasteiger partial charge in [0.15, 0.2) is 6.61 Å². The monoisotopic (exact) mass is 291 g/mol. The van der Waals surface area contributed by atoms with Crippen LogP contribution >= 0.6 is 11.3 Å². The fourth-order valence-corrected chi connectivity index (χ4v) is 2.21. The lowest BCUT2D eigenvalue weighted by atomic mass is 10.2. The van der Waals surface area contributed by atoms with Gasteiger partial charge in [-0.25, -0.2) is 4.79 Å². The number of thiophene rings is 1. The van der Waals surface area contributed by atoms with Crippen molar-refractivity contribution in [1.29, 1.82) is 0 Å². The molecule has 0 saturated carbocycles. The molecule has 5 nitrogen and oxygen atoms in total. The number of benzene rings is 1. The van der Waals surface area contributed by atoms with E-state index in [2.05, 4.69) is 5.32 Å². The van der Waals surface area contributed by atoms with Gasteiger partial charge in [0, 0.05) is 4.88 Å². The van der Waals surface area contributed by atoms with Gasteiger partial charge in [0.1, 0.15) is 11.3 Å². The Morgan fingerprint density at radius 3 is 2.70 bits per heavy atom. The maximum atomic E-state index is 11.6. The van der Waals surface area contributed by atoms with Gasteiger partial charge in [-0.05, 0) is 23.6 Å². The first kappa shape index (κ1) is 14.1. The number of carboxylic acids is 1. The summed E-state index contributed by atoms with van der Waals surface area (Å²) >= 11 is 1.55. The Hall–Kier alpha value is -2.34. The fourth-order valence-electron chi connectivity index (χ4n) is 1.56. The number of ether oxygens (including phenoxy) is 1. The number of aromatic carboxylic acids is 1. The van der Waals surface area contributed by atoms with Gasteiger partial charge in [-0.2, -0.15) is 0 Å². The highest BCUT2D eigenvalue weighted by Crippen LogP contribution is 2.17. The summed E-state index contributed by atoms with van der Waals surface area (Å²) in [5, 5.41) is 13.6. The Morgan fingerprint density at radius 1 is 1.20 bits per heavy atom. The summed E-state index contributed by atoms with van der Waals surface area (Å²) in [5.41, 5.74) is 0.0403. The van der Waals surface area contributed by atoms with E-state index in [9.17, 15) is 9.59 Å². The number of para-hydroxylation sites is 1. The highest BCUT2D eigenvalue weighted by atomic mass is 32.1. The molecule has 1 amide bonds. The van der Waals surface area contributed by atoms with Crippen LogP contribution in [0.25, 0.3) is 0 Å². The molecule has 1 aromatic carbocycles. The standard InChI is InChI=1S/C14H13NO4S/c16-13(15-8-10-4-3-7-20-10)9-19-12-6-2-1-5-11(12)14(17)18/h1-7H,8-9H2,(H,15,16)(H,17,18). The van der Waals surface area contributed by atoms with Gasteiger partial charge < -0.3 is 15.2 Å². The van der Waals surface area contributed by atoms with Crippen molar-refractivity contribution in [2.24, 2.45) is 0 Å². The van der Waals surface area contributed by atoms with Crippen LogP contribution in [0.3, 0.4) is 0 Å². The molecule has 2 rings (SSSR count). The van der Waals surface area contributed by atoms with Crippen molar-refractivity contribution < 1.29 is 19.4 Å². The molecule has 0 aliphatic heterocycles. The van der Waals surface area contributed by atoms with Crippen molar-refractivity contribution in [2.45, 2.75) is 6.54 Å². The zero-order chi connectivity index (χ0) is 14.4. The van der Waals surface area contributed by atoms with Crippen molar-refractivity contribution in [3.05, 3.63) is 52.2 Å². The van der Waals surface area contributed by atoms with Gasteiger partial charge in [0.2, 0.25) is 0 Å². The van der Waals surface area contributed by atoms with Crippen LogP contribution in [0.5, 0.6) is 5.75 Å². The molecule has 2 N–H and O–H groups in total. The predicted molar refractivity (Wildman–Crippen MR) is 75.1 cm³/mol. The van der Waals surface area contributed by atoms with Crippen LogP contribution in [-0.4, -0.2) is 23.6 Å². The van der Waals surface area contributed by atoms with Crippen LogP contribution < -0.4 is 10.1 Å². The summed E-state index contributed by atoms with van der Waals surface area (Å²) in [6.45, 7) is 0.232. The Labute approximate surface area is 119 Å². The van der Waals surface area contributed by atoms with Crippen molar-refractivity contribution in [3.63, 3.8) is 0 Å². The third-order valence-electron chi connectivity index (χ3n) is 2.52. The van der Waals surface area contributed by atoms with Crippen LogP contribution in [0.2, 0.25) is 0 Å². The largest absolute Gasteiger partial charge is 0.483 e. The smallest absolute Gasteiger partial charge is 0.339 e. The topological polar surface area (TPSA) is 75.6 Å². The molecule has 0 spiro atoms. The van der Waals surface area contributed by atoms with Gasteiger partial charge in [-0.15, -0.1) is 11.3 Å². The second-order valence-corrected chi connectivity index (χ2v) is 4.98. The lowest BCUT2D eigenvalue weighted by Gasteiger charge is -2.09. The molecule has 6 heteroatoms. The van der Waals surface area contributed by atoms with Crippen molar-refractivity contribution >= 4 is 23.2 Å². The molecule has 1 aromatic heterocycles. The number of amides is 1. The second kappa shape index (κ2) is 6.72. The number of rotatable bonds is 6. The van der Waals surface area contributed by atoms with Gasteiger partial charge in [0.05, 0.1) is 6.54 Å². The van der Waals surface area contributed by atoms with Crippen molar-refractivity contribution in [1.82, 2.24) is 5.32 Å². The Balaban J connectivity index is 1.85. The van der Waals surface area contributed by atoms with E-state index in [0.29, 0.717) is 6.54 Å². The number of nitrogens with one attached hydrogen (secondary N) is 1. The van der Waals surface area contributed by atoms with Crippen LogP contribution in [0.4, 0.5) is 0 Å². The van der Waals surface area contributed by atoms with E-state index in [1.54, 1.807) is 23.5 Å². The molecule has 104 valence electrons. The van der Waals surface area contributed by atoms with Crippen LogP contribution in [0.15, 0.2) is 41.8 Å². The maximum Gasteiger partial charge on any atom is 0.339 e. The van der Waals surface area contributed by atoms with Gasteiger partial charge in [0.25, 0.3) is 5.91 Å². The minimum Gasteiger partial charge on any atom is -0.483 e. The Bertz CT molecular complexity index is 595. The third-order valence-corrected chi connectivity index (χ3v) is 3.39. The molecule has 20 heavy (non-hydrogen) atoms. The lowest BCUT2D eigenvalue weighted by Crippen LogP contribution is -2.28. The highest BCUT2D eigenvalue weighted by Gasteiger charge is 2.11. The van der Waals surface area contributed by atoms with Crippen LogP contribution in [0.1, 0.15) is 15.2 Å². The normalized spacial score (nSPS) is 10.0. The molecular weight excluding hydrogens is 278 g/mol. The molecule has 0 saturated heterocycles. The van der Waals surface area contributed by atoms with E-state index in [4.69, 9.17) is 9.84 Å². The van der Waals surface area contributed by atoms with Crippen molar-refractivity contribution in [2.75, 3.05) is 6.61 Å². The summed E-state index contributed by atoms with van der Waals surface area (Å²) in [4.78, 5) is 23.6. The van der Waals surface area contributed by atoms with Gasteiger partial charge in [-0.1, -0.05) is 18.2 Å². The van der Waals surface area contributed by atoms with Gasteiger partial charge in [-0.3, -0.25) is 4.79 Å². The second-order valence-electron chi connectivity index (χ2n) is 3.95. The molecule has 0 atom stereocenters. The van der Waals surface area contributed by atoms with E-state index in [1.165, 1.54) is 12.1 Å². The first-order valence-corrected chi connectivity index (χ1v) is 6.79. The number of hydrogen-bond donors (Lipinski definition) is 2. The average Bonchev–Trinajstić information content (AvgIpc) is 2.96. The fraction of sp³-hybridized carbons (Fsp3) is 0.143. The quantitative estimate of drug-likeness (QED) is 0.855. The van der Waals surface area contributed by atoms with E-state index in [1.807, 2.05) is 17.5 Å². The minimum absolute atomic E-state index is 0.0403. The number of hydrogen-bond acceptors (Lipinski definition) is 4. The lowest BCUT2D eigenvalue weighted by molar-refractivity contribution is -0.123. The number of carbonyl (C=O) groups is 2. The van der Waals surface area contributed by atoms with Crippen LogP contribution in [0, 0.1) is 0 Å². The first-order valence-electron chi connectivity index (χ1n) is 5.91. The average molecular weight is 291 g/mol. The summed E-state index contributed by atoms with van der Waals surface area (Å²) in [7, 11) is 0. The first-order chi connectivity index (χ1) is 9.66. The summed E-state index contributed by atoms with van der Waals surface area (Å²) < 4.78 is 5.24. The minimum atomic E-state index is -1.08. The molecule has 2 aromatic rings. The molecule has 1 heterocycles. The molecule has 0 fully saturated rings. The zero-order valence-electron chi connectivity index (χ0n) is 10.5. The molecule has 0 aliphatic rings. The molecular formula is C14H13NO4S. The molecule has 0 bridgehead atoms. The van der Waals surface area contributed by atoms with Crippen LogP contribution in [-0.2, 0) is 11.3 Å². The Morgan fingerprint density at radius 2 is 2.00 bits per heavy atom. The SMILES string of the molecule is O=C(COc1ccccc1C(=O)O)NCc1cccs1. The molecule has 0 radical (unpaired) electrons. The van der Waals surface area contributed by atoms with Gasteiger partial charge >= 0.3 is 5.97 Å². The van der Waals surface area contributed by atoms with E-state index in [-0.39, 0.29) is 23.8 Å². The molecule has 0 aliphatic carbocycles. The predicted octanol–water partition coefficient (Wildman–Crippen LogP) is 2.14. The summed E-state index contributed by atoms with van der Waals surface area (Å²) in [5.74, 6) is -1.19. The summed E-state index contributed by atoms with van der Waals surface area (Å²) in [6.07, 6.45) is 0. The highest BCUT2D eigenvalue weighted by molar-refractivity contribution is 7.09. The third kappa shape index (κ3) is 3.83.